The summed E-state index contributed by atoms with van der Waals surface area (Å²) in [6, 6.07) is 0. The van der Waals surface area contributed by atoms with Crippen LogP contribution in [0.25, 0.3) is 0 Å². The highest BCUT2D eigenvalue weighted by molar-refractivity contribution is 4.87. The number of hydrogen-bond donors (Lipinski definition) is 3. The summed E-state index contributed by atoms with van der Waals surface area (Å²) in [4.78, 5) is 0. The maximum absolute atomic E-state index is 10.1. The van der Waals surface area contributed by atoms with Crippen LogP contribution >= 0.6 is 0 Å². The average Bonchev–Trinajstić information content (AvgIpc) is 2.72. The van der Waals surface area contributed by atoms with Crippen molar-refractivity contribution in [3.05, 3.63) is 0 Å². The van der Waals surface area contributed by atoms with Gasteiger partial charge < -0.3 is 24.8 Å². The summed E-state index contributed by atoms with van der Waals surface area (Å²) in [6.45, 7) is 2.66. The third-order valence-corrected chi connectivity index (χ3v) is 6.07. The fraction of sp³-hybridized carbons (Fsp3) is 1.00. The van der Waals surface area contributed by atoms with E-state index in [1.807, 2.05) is 0 Å². The maximum Gasteiger partial charge on any atom is 0.114 e. The third kappa shape index (κ3) is 13.0. The minimum absolute atomic E-state index is 0.103. The van der Waals surface area contributed by atoms with Crippen LogP contribution in [0.1, 0.15) is 110 Å². The Balaban J connectivity index is 1.82. The van der Waals surface area contributed by atoms with E-state index in [0.29, 0.717) is 6.61 Å². The van der Waals surface area contributed by atoms with Crippen molar-refractivity contribution in [1.82, 2.24) is 0 Å². The first kappa shape index (κ1) is 26.8. The molecular formula is C24H48O5. The Labute approximate surface area is 179 Å². The van der Waals surface area contributed by atoms with E-state index >= 15 is 0 Å². The fourth-order valence-corrected chi connectivity index (χ4v) is 4.09. The van der Waals surface area contributed by atoms with Gasteiger partial charge in [-0.25, -0.2) is 0 Å². The topological polar surface area (TPSA) is 79.2 Å². The van der Waals surface area contributed by atoms with E-state index in [9.17, 15) is 10.2 Å². The van der Waals surface area contributed by atoms with Crippen molar-refractivity contribution in [2.24, 2.45) is 0 Å². The molecule has 1 rings (SSSR count). The monoisotopic (exact) mass is 416 g/mol. The Morgan fingerprint density at radius 1 is 0.724 bits per heavy atom. The van der Waals surface area contributed by atoms with Gasteiger partial charge in [0.15, 0.2) is 0 Å². The molecule has 0 spiro atoms. The number of aliphatic hydroxyl groups excluding tert-OH is 3. The Morgan fingerprint density at radius 2 is 1.17 bits per heavy atom. The second kappa shape index (κ2) is 18.6. The van der Waals surface area contributed by atoms with E-state index in [-0.39, 0.29) is 13.2 Å². The van der Waals surface area contributed by atoms with E-state index in [1.165, 1.54) is 89.9 Å². The van der Waals surface area contributed by atoms with Gasteiger partial charge in [0.2, 0.25) is 0 Å². The van der Waals surface area contributed by atoms with Gasteiger partial charge in [0.1, 0.15) is 24.4 Å². The molecule has 0 radical (unpaired) electrons. The summed E-state index contributed by atoms with van der Waals surface area (Å²) in [6.07, 6.45) is 18.2. The SMILES string of the molecule is CCCCCCCCCCCCCCCCCCO[C@@H]1[C@@H](O)[C@H](CO)OC[C@H]1O. The van der Waals surface area contributed by atoms with Crippen molar-refractivity contribution in [3.8, 4) is 0 Å². The molecule has 4 atom stereocenters. The predicted molar refractivity (Wildman–Crippen MR) is 118 cm³/mol. The highest BCUT2D eigenvalue weighted by Crippen LogP contribution is 2.19. The number of unbranched alkanes of at least 4 members (excludes halogenated alkanes) is 15. The molecule has 0 amide bonds. The molecule has 5 nitrogen and oxygen atoms in total. The van der Waals surface area contributed by atoms with Gasteiger partial charge in [-0.15, -0.1) is 0 Å². The van der Waals surface area contributed by atoms with Gasteiger partial charge in [0.25, 0.3) is 0 Å². The third-order valence-electron chi connectivity index (χ3n) is 6.07. The molecule has 0 bridgehead atoms. The molecular weight excluding hydrogens is 368 g/mol. The lowest BCUT2D eigenvalue weighted by atomic mass is 10.0. The van der Waals surface area contributed by atoms with Crippen LogP contribution in [-0.4, -0.2) is 59.6 Å². The van der Waals surface area contributed by atoms with Crippen molar-refractivity contribution in [1.29, 1.82) is 0 Å². The Kier molecular flexibility index (Phi) is 17.2. The van der Waals surface area contributed by atoms with Gasteiger partial charge in [-0.3, -0.25) is 0 Å². The fourth-order valence-electron chi connectivity index (χ4n) is 4.09. The maximum atomic E-state index is 10.1. The zero-order chi connectivity index (χ0) is 21.2. The quantitative estimate of drug-likeness (QED) is 0.265. The Bertz CT molecular complexity index is 352. The first-order chi connectivity index (χ1) is 14.2. The summed E-state index contributed by atoms with van der Waals surface area (Å²) in [5, 5.41) is 29.1. The normalized spacial score (nSPS) is 24.8. The number of ether oxygens (including phenoxy) is 2. The molecule has 1 saturated heterocycles. The molecule has 1 aliphatic rings. The van der Waals surface area contributed by atoms with E-state index in [4.69, 9.17) is 14.6 Å². The highest BCUT2D eigenvalue weighted by Gasteiger charge is 2.38. The van der Waals surface area contributed by atoms with E-state index < -0.39 is 24.4 Å². The molecule has 29 heavy (non-hydrogen) atoms. The van der Waals surface area contributed by atoms with Crippen LogP contribution in [-0.2, 0) is 9.47 Å². The molecule has 1 aliphatic heterocycles. The Morgan fingerprint density at radius 3 is 1.62 bits per heavy atom. The average molecular weight is 417 g/mol. The first-order valence-corrected chi connectivity index (χ1v) is 12.4. The molecule has 1 fully saturated rings. The van der Waals surface area contributed by atoms with Crippen molar-refractivity contribution in [2.45, 2.75) is 134 Å². The molecule has 0 aromatic carbocycles. The van der Waals surface area contributed by atoms with Gasteiger partial charge in [0, 0.05) is 6.61 Å². The van der Waals surface area contributed by atoms with Gasteiger partial charge in [-0.2, -0.15) is 0 Å². The van der Waals surface area contributed by atoms with E-state index in [1.54, 1.807) is 0 Å². The summed E-state index contributed by atoms with van der Waals surface area (Å²) in [5.74, 6) is 0. The molecule has 174 valence electrons. The minimum Gasteiger partial charge on any atom is -0.394 e. The zero-order valence-electron chi connectivity index (χ0n) is 18.9. The smallest absolute Gasteiger partial charge is 0.114 e. The molecule has 3 N–H and O–H groups in total. The number of aliphatic hydroxyl groups is 3. The van der Waals surface area contributed by atoms with Gasteiger partial charge >= 0.3 is 0 Å². The largest absolute Gasteiger partial charge is 0.394 e. The van der Waals surface area contributed by atoms with Crippen molar-refractivity contribution < 1.29 is 24.8 Å². The van der Waals surface area contributed by atoms with Gasteiger partial charge in [-0.1, -0.05) is 103 Å². The molecule has 0 aromatic heterocycles. The first-order valence-electron chi connectivity index (χ1n) is 12.4. The Hall–Kier alpha value is -0.200. The predicted octanol–water partition coefficient (Wildman–Crippen LogP) is 4.75. The van der Waals surface area contributed by atoms with Crippen LogP contribution in [0.5, 0.6) is 0 Å². The van der Waals surface area contributed by atoms with Crippen molar-refractivity contribution >= 4 is 0 Å². The van der Waals surface area contributed by atoms with Crippen LogP contribution in [0.3, 0.4) is 0 Å². The summed E-state index contributed by atoms with van der Waals surface area (Å²) < 4.78 is 10.9. The lowest BCUT2D eigenvalue weighted by Gasteiger charge is -2.37. The second-order valence-electron chi connectivity index (χ2n) is 8.75. The van der Waals surface area contributed by atoms with Gasteiger partial charge in [0.05, 0.1) is 13.2 Å². The zero-order valence-corrected chi connectivity index (χ0v) is 18.9. The summed E-state index contributed by atoms with van der Waals surface area (Å²) in [7, 11) is 0. The summed E-state index contributed by atoms with van der Waals surface area (Å²) >= 11 is 0. The standard InChI is InChI=1S/C24H48O5/c1-2-3-4-5-6-7-8-9-10-11-12-13-14-15-16-17-18-28-24-21(26)20-29-22(19-25)23(24)27/h21-27H,2-20H2,1H3/t21-,22+,23+,24+/m1/s1. The number of hydrogen-bond acceptors (Lipinski definition) is 5. The second-order valence-corrected chi connectivity index (χ2v) is 8.75. The molecule has 5 heteroatoms. The minimum atomic E-state index is -0.968. The van der Waals surface area contributed by atoms with Crippen LogP contribution in [0.15, 0.2) is 0 Å². The highest BCUT2D eigenvalue weighted by atomic mass is 16.6. The lowest BCUT2D eigenvalue weighted by molar-refractivity contribution is -0.210. The summed E-state index contributed by atoms with van der Waals surface area (Å²) in [5.41, 5.74) is 0. The van der Waals surface area contributed by atoms with Gasteiger partial charge in [-0.05, 0) is 6.42 Å². The van der Waals surface area contributed by atoms with Crippen LogP contribution in [0.4, 0.5) is 0 Å². The van der Waals surface area contributed by atoms with E-state index in [0.717, 1.165) is 12.8 Å². The molecule has 0 unspecified atom stereocenters. The molecule has 0 saturated carbocycles. The van der Waals surface area contributed by atoms with E-state index in [2.05, 4.69) is 6.92 Å². The molecule has 0 aromatic rings. The van der Waals surface area contributed by atoms with Crippen LogP contribution in [0, 0.1) is 0 Å². The van der Waals surface area contributed by atoms with Crippen molar-refractivity contribution in [2.75, 3.05) is 19.8 Å². The van der Waals surface area contributed by atoms with Crippen molar-refractivity contribution in [3.63, 3.8) is 0 Å². The lowest BCUT2D eigenvalue weighted by Crippen LogP contribution is -2.55. The molecule has 0 aliphatic carbocycles. The van der Waals surface area contributed by atoms with Crippen LogP contribution < -0.4 is 0 Å². The molecule has 1 heterocycles. The van der Waals surface area contributed by atoms with Crippen LogP contribution in [0.2, 0.25) is 0 Å². The number of rotatable bonds is 19.